The molecule has 4 aromatic rings. The molecular formula is C21H18N2O3S. The van der Waals surface area contributed by atoms with Gasteiger partial charge in [-0.25, -0.2) is 4.98 Å². The van der Waals surface area contributed by atoms with E-state index in [1.807, 2.05) is 53.9 Å². The van der Waals surface area contributed by atoms with E-state index >= 15 is 0 Å². The Morgan fingerprint density at radius 3 is 2.56 bits per heavy atom. The van der Waals surface area contributed by atoms with Crippen LogP contribution in [0, 0.1) is 0 Å². The van der Waals surface area contributed by atoms with Crippen LogP contribution in [0.1, 0.15) is 0 Å². The lowest BCUT2D eigenvalue weighted by Gasteiger charge is -2.14. The highest BCUT2D eigenvalue weighted by Crippen LogP contribution is 2.22. The molecule has 0 bridgehead atoms. The first kappa shape index (κ1) is 17.5. The van der Waals surface area contributed by atoms with Gasteiger partial charge in [-0.3, -0.25) is 9.36 Å². The van der Waals surface area contributed by atoms with Crippen molar-refractivity contribution in [1.29, 1.82) is 0 Å². The van der Waals surface area contributed by atoms with E-state index in [9.17, 15) is 9.90 Å². The molecule has 0 aliphatic rings. The highest BCUT2D eigenvalue weighted by atomic mass is 32.1. The van der Waals surface area contributed by atoms with Crippen molar-refractivity contribution in [2.75, 3.05) is 6.61 Å². The summed E-state index contributed by atoms with van der Waals surface area (Å²) in [7, 11) is 0. The van der Waals surface area contributed by atoms with E-state index in [4.69, 9.17) is 4.74 Å². The van der Waals surface area contributed by atoms with Crippen molar-refractivity contribution in [3.05, 3.63) is 82.7 Å². The van der Waals surface area contributed by atoms with E-state index in [-0.39, 0.29) is 18.7 Å². The molecule has 136 valence electrons. The summed E-state index contributed by atoms with van der Waals surface area (Å²) >= 11 is 1.36. The zero-order valence-corrected chi connectivity index (χ0v) is 15.3. The van der Waals surface area contributed by atoms with E-state index in [1.165, 1.54) is 22.2 Å². The monoisotopic (exact) mass is 378 g/mol. The minimum absolute atomic E-state index is 0.0968. The third kappa shape index (κ3) is 3.92. The molecule has 0 spiro atoms. The highest BCUT2D eigenvalue weighted by molar-refractivity contribution is 7.17. The fourth-order valence-corrected chi connectivity index (χ4v) is 3.65. The molecule has 0 aliphatic carbocycles. The number of rotatable bonds is 6. The van der Waals surface area contributed by atoms with Crippen LogP contribution in [0.15, 0.2) is 77.2 Å². The van der Waals surface area contributed by atoms with Crippen molar-refractivity contribution in [2.45, 2.75) is 12.6 Å². The maximum atomic E-state index is 12.4. The molecule has 4 rings (SSSR count). The Morgan fingerprint density at radius 2 is 1.78 bits per heavy atom. The van der Waals surface area contributed by atoms with Crippen molar-refractivity contribution >= 4 is 21.6 Å². The quantitative estimate of drug-likeness (QED) is 0.557. The first-order valence-corrected chi connectivity index (χ1v) is 9.47. The highest BCUT2D eigenvalue weighted by Gasteiger charge is 2.11. The van der Waals surface area contributed by atoms with Gasteiger partial charge in [-0.15, -0.1) is 11.3 Å². The summed E-state index contributed by atoms with van der Waals surface area (Å²) in [4.78, 5) is 16.6. The zero-order valence-electron chi connectivity index (χ0n) is 14.5. The standard InChI is InChI=1S/C21H18N2O3S/c24-17(12-23-14-22-19-10-11-27-20(19)21(23)25)13-26-18-8-6-16(7-9-18)15-4-2-1-3-5-15/h1-11,14,17,24H,12-13H2/t17-/m0/s1. The van der Waals surface area contributed by atoms with Crippen molar-refractivity contribution in [3.63, 3.8) is 0 Å². The van der Waals surface area contributed by atoms with Crippen LogP contribution in [0.5, 0.6) is 5.75 Å². The molecule has 0 aliphatic heterocycles. The lowest BCUT2D eigenvalue weighted by molar-refractivity contribution is 0.0915. The average Bonchev–Trinajstić information content (AvgIpc) is 3.19. The van der Waals surface area contributed by atoms with E-state index in [0.717, 1.165) is 11.1 Å². The van der Waals surface area contributed by atoms with E-state index in [1.54, 1.807) is 0 Å². The topological polar surface area (TPSA) is 64.4 Å². The number of aromatic nitrogens is 2. The van der Waals surface area contributed by atoms with Crippen LogP contribution < -0.4 is 10.3 Å². The number of aliphatic hydroxyl groups is 1. The Labute approximate surface area is 160 Å². The summed E-state index contributed by atoms with van der Waals surface area (Å²) in [5, 5.41) is 12.1. The summed E-state index contributed by atoms with van der Waals surface area (Å²) in [6.07, 6.45) is 0.658. The molecule has 0 saturated heterocycles. The predicted octanol–water partition coefficient (Wildman–Crippen LogP) is 3.56. The second-order valence-corrected chi connectivity index (χ2v) is 7.11. The average molecular weight is 378 g/mol. The van der Waals surface area contributed by atoms with Gasteiger partial charge in [0.25, 0.3) is 5.56 Å². The fourth-order valence-electron chi connectivity index (χ4n) is 2.86. The SMILES string of the molecule is O=c1c2sccc2ncn1C[C@H](O)COc1ccc(-c2ccccc2)cc1. The van der Waals surface area contributed by atoms with E-state index < -0.39 is 6.10 Å². The van der Waals surface area contributed by atoms with Crippen LogP contribution >= 0.6 is 11.3 Å². The Kier molecular flexibility index (Phi) is 5.00. The molecule has 1 N–H and O–H groups in total. The van der Waals surface area contributed by atoms with E-state index in [2.05, 4.69) is 17.1 Å². The van der Waals surface area contributed by atoms with Crippen molar-refractivity contribution in [1.82, 2.24) is 9.55 Å². The summed E-state index contributed by atoms with van der Waals surface area (Å²) < 4.78 is 7.68. The van der Waals surface area contributed by atoms with Crippen LogP contribution in [0.3, 0.4) is 0 Å². The summed E-state index contributed by atoms with van der Waals surface area (Å²) in [5.41, 5.74) is 2.79. The minimum atomic E-state index is -0.810. The molecule has 6 heteroatoms. The zero-order chi connectivity index (χ0) is 18.6. The van der Waals surface area contributed by atoms with Gasteiger partial charge in [-0.1, -0.05) is 42.5 Å². The number of aliphatic hydroxyl groups excluding tert-OH is 1. The Balaban J connectivity index is 1.38. The van der Waals surface area contributed by atoms with Gasteiger partial charge in [0.1, 0.15) is 23.2 Å². The number of benzene rings is 2. The molecule has 0 radical (unpaired) electrons. The molecule has 1 atom stereocenters. The van der Waals surface area contributed by atoms with Crippen LogP contribution in [-0.2, 0) is 6.54 Å². The van der Waals surface area contributed by atoms with Gasteiger partial charge < -0.3 is 9.84 Å². The minimum Gasteiger partial charge on any atom is -0.491 e. The van der Waals surface area contributed by atoms with Crippen LogP contribution in [-0.4, -0.2) is 27.4 Å². The molecule has 27 heavy (non-hydrogen) atoms. The number of ether oxygens (including phenoxy) is 1. The molecule has 0 saturated carbocycles. The van der Waals surface area contributed by atoms with Gasteiger partial charge in [-0.2, -0.15) is 0 Å². The Bertz CT molecular complexity index is 1090. The first-order chi connectivity index (χ1) is 13.2. The lowest BCUT2D eigenvalue weighted by Crippen LogP contribution is -2.30. The van der Waals surface area contributed by atoms with Crippen LogP contribution in [0.2, 0.25) is 0 Å². The van der Waals surface area contributed by atoms with Crippen molar-refractivity contribution < 1.29 is 9.84 Å². The second-order valence-electron chi connectivity index (χ2n) is 6.19. The molecule has 2 heterocycles. The van der Waals surface area contributed by atoms with Crippen LogP contribution in [0.25, 0.3) is 21.3 Å². The number of nitrogens with zero attached hydrogens (tertiary/aromatic N) is 2. The smallest absolute Gasteiger partial charge is 0.271 e. The lowest BCUT2D eigenvalue weighted by atomic mass is 10.1. The molecule has 0 unspecified atom stereocenters. The largest absolute Gasteiger partial charge is 0.491 e. The third-order valence-electron chi connectivity index (χ3n) is 4.25. The number of hydrogen-bond donors (Lipinski definition) is 1. The van der Waals surface area contributed by atoms with Crippen molar-refractivity contribution in [3.8, 4) is 16.9 Å². The second kappa shape index (κ2) is 7.73. The van der Waals surface area contributed by atoms with Crippen LogP contribution in [0.4, 0.5) is 0 Å². The van der Waals surface area contributed by atoms with Crippen molar-refractivity contribution in [2.24, 2.45) is 0 Å². The van der Waals surface area contributed by atoms with Gasteiger partial charge in [0.05, 0.1) is 18.4 Å². The number of hydrogen-bond acceptors (Lipinski definition) is 5. The molecule has 0 amide bonds. The molecule has 2 aromatic carbocycles. The van der Waals surface area contributed by atoms with Gasteiger partial charge in [0.2, 0.25) is 0 Å². The number of thiophene rings is 1. The summed E-state index contributed by atoms with van der Waals surface area (Å²) in [6, 6.07) is 19.6. The van der Waals surface area contributed by atoms with Gasteiger partial charge in [0, 0.05) is 0 Å². The Morgan fingerprint density at radius 1 is 1.04 bits per heavy atom. The maximum absolute atomic E-state index is 12.4. The maximum Gasteiger partial charge on any atom is 0.271 e. The van der Waals surface area contributed by atoms with Gasteiger partial charge in [0.15, 0.2) is 0 Å². The molecule has 5 nitrogen and oxygen atoms in total. The normalized spacial score (nSPS) is 12.2. The predicted molar refractivity (Wildman–Crippen MR) is 107 cm³/mol. The molecular weight excluding hydrogens is 360 g/mol. The third-order valence-corrected chi connectivity index (χ3v) is 5.14. The fraction of sp³-hybridized carbons (Fsp3) is 0.143. The van der Waals surface area contributed by atoms with E-state index in [0.29, 0.717) is 16.0 Å². The molecule has 2 aromatic heterocycles. The summed E-state index contributed by atoms with van der Waals surface area (Å²) in [5.74, 6) is 0.674. The Hall–Kier alpha value is -2.96. The van der Waals surface area contributed by atoms with Gasteiger partial charge in [-0.05, 0) is 34.7 Å². The van der Waals surface area contributed by atoms with Gasteiger partial charge >= 0.3 is 0 Å². The first-order valence-electron chi connectivity index (χ1n) is 8.60. The number of fused-ring (bicyclic) bond motifs is 1. The molecule has 0 fully saturated rings. The summed E-state index contributed by atoms with van der Waals surface area (Å²) in [6.45, 7) is 0.237.